The minimum absolute atomic E-state index is 0.184. The van der Waals surface area contributed by atoms with E-state index in [4.69, 9.17) is 5.73 Å². The molecule has 3 heterocycles. The number of imidazole rings is 1. The molecule has 0 bridgehead atoms. The molecule has 0 saturated carbocycles. The van der Waals surface area contributed by atoms with Gasteiger partial charge in [0.2, 0.25) is 23.6 Å². The smallest absolute Gasteiger partial charge is 0.246 e. The highest BCUT2D eigenvalue weighted by Crippen LogP contribution is 2.19. The lowest BCUT2D eigenvalue weighted by Crippen LogP contribution is -2.58. The molecule has 10 heteroatoms. The fourth-order valence-corrected chi connectivity index (χ4v) is 3.59. The number of carbonyl (C=O) groups excluding carboxylic acids is 4. The highest BCUT2D eigenvalue weighted by Gasteiger charge is 2.37. The van der Waals surface area contributed by atoms with Crippen molar-refractivity contribution in [2.24, 2.45) is 5.73 Å². The topological polar surface area (TPSA) is 150 Å². The molecule has 1 aromatic heterocycles. The molecule has 4 amide bonds. The van der Waals surface area contributed by atoms with Crippen LogP contribution in [-0.4, -0.2) is 63.2 Å². The van der Waals surface area contributed by atoms with E-state index >= 15 is 0 Å². The van der Waals surface area contributed by atoms with Gasteiger partial charge in [-0.1, -0.05) is 0 Å². The van der Waals surface area contributed by atoms with Crippen molar-refractivity contribution in [2.45, 2.75) is 56.7 Å². The highest BCUT2D eigenvalue weighted by molar-refractivity contribution is 5.95. The summed E-state index contributed by atoms with van der Waals surface area (Å²) in [7, 11) is 0. The Morgan fingerprint density at radius 2 is 2.15 bits per heavy atom. The van der Waals surface area contributed by atoms with Crippen molar-refractivity contribution in [3.05, 3.63) is 18.2 Å². The lowest BCUT2D eigenvalue weighted by Gasteiger charge is -2.36. The van der Waals surface area contributed by atoms with Crippen LogP contribution < -0.4 is 16.4 Å². The Balaban J connectivity index is 1.75. The first-order chi connectivity index (χ1) is 13.0. The molecule has 0 unspecified atom stereocenters. The van der Waals surface area contributed by atoms with Gasteiger partial charge in [-0.05, 0) is 25.7 Å². The molecule has 2 saturated heterocycles. The number of likely N-dealkylation sites (tertiary alicyclic amines) is 1. The number of hydrogen-bond donors (Lipinski definition) is 4. The number of primary amides is 1. The van der Waals surface area contributed by atoms with Crippen LogP contribution in [-0.2, 0) is 25.6 Å². The van der Waals surface area contributed by atoms with Crippen LogP contribution in [0, 0.1) is 0 Å². The SMILES string of the molecule is NC(=O)[C@H]1CCCCN1C(=O)[C@H](Cc1cnc[nH]1)NC(=O)[C@@H]1CCC(=O)N1. The third kappa shape index (κ3) is 4.44. The summed E-state index contributed by atoms with van der Waals surface area (Å²) in [4.78, 5) is 57.1. The van der Waals surface area contributed by atoms with E-state index in [1.54, 1.807) is 6.20 Å². The van der Waals surface area contributed by atoms with Gasteiger partial charge < -0.3 is 26.3 Å². The molecule has 1 aromatic rings. The second kappa shape index (κ2) is 8.19. The van der Waals surface area contributed by atoms with E-state index in [9.17, 15) is 19.2 Å². The molecule has 0 spiro atoms. The summed E-state index contributed by atoms with van der Waals surface area (Å²) < 4.78 is 0. The van der Waals surface area contributed by atoms with Gasteiger partial charge in [0.05, 0.1) is 6.33 Å². The Bertz CT molecular complexity index is 719. The average molecular weight is 376 g/mol. The quantitative estimate of drug-likeness (QED) is 0.481. The lowest BCUT2D eigenvalue weighted by atomic mass is 9.99. The molecule has 0 aromatic carbocycles. The fourth-order valence-electron chi connectivity index (χ4n) is 3.59. The van der Waals surface area contributed by atoms with Gasteiger partial charge in [-0.15, -0.1) is 0 Å². The average Bonchev–Trinajstić information content (AvgIpc) is 3.32. The lowest BCUT2D eigenvalue weighted by molar-refractivity contribution is -0.144. The monoisotopic (exact) mass is 376 g/mol. The first-order valence-electron chi connectivity index (χ1n) is 9.12. The number of rotatable bonds is 6. The van der Waals surface area contributed by atoms with Crippen LogP contribution in [0.5, 0.6) is 0 Å². The Labute approximate surface area is 156 Å². The third-order valence-corrected chi connectivity index (χ3v) is 5.02. The van der Waals surface area contributed by atoms with Crippen LogP contribution in [0.4, 0.5) is 0 Å². The molecule has 3 atom stereocenters. The summed E-state index contributed by atoms with van der Waals surface area (Å²) >= 11 is 0. The zero-order valence-corrected chi connectivity index (χ0v) is 14.9. The second-order valence-electron chi connectivity index (χ2n) is 6.95. The Hall–Kier alpha value is -2.91. The number of aromatic amines is 1. The van der Waals surface area contributed by atoms with Gasteiger partial charge >= 0.3 is 0 Å². The molecule has 2 aliphatic rings. The van der Waals surface area contributed by atoms with Crippen LogP contribution in [0.2, 0.25) is 0 Å². The summed E-state index contributed by atoms with van der Waals surface area (Å²) in [6.45, 7) is 0.419. The van der Waals surface area contributed by atoms with Crippen molar-refractivity contribution in [3.8, 4) is 0 Å². The molecule has 2 fully saturated rings. The molecule has 3 rings (SSSR count). The Morgan fingerprint density at radius 3 is 2.78 bits per heavy atom. The van der Waals surface area contributed by atoms with Gasteiger partial charge in [0.15, 0.2) is 0 Å². The summed E-state index contributed by atoms with van der Waals surface area (Å²) in [5, 5.41) is 5.32. The minimum atomic E-state index is -0.879. The van der Waals surface area contributed by atoms with Gasteiger partial charge in [0.1, 0.15) is 18.1 Å². The molecular weight excluding hydrogens is 352 g/mol. The number of carbonyl (C=O) groups is 4. The molecule has 146 valence electrons. The van der Waals surface area contributed by atoms with Crippen molar-refractivity contribution in [3.63, 3.8) is 0 Å². The summed E-state index contributed by atoms with van der Waals surface area (Å²) in [5.41, 5.74) is 6.14. The molecule has 27 heavy (non-hydrogen) atoms. The normalized spacial score (nSPS) is 23.6. The van der Waals surface area contributed by atoms with Crippen molar-refractivity contribution < 1.29 is 19.2 Å². The number of nitrogens with two attached hydrogens (primary N) is 1. The third-order valence-electron chi connectivity index (χ3n) is 5.02. The van der Waals surface area contributed by atoms with E-state index in [2.05, 4.69) is 20.6 Å². The Morgan fingerprint density at radius 1 is 1.33 bits per heavy atom. The van der Waals surface area contributed by atoms with Gasteiger partial charge in [-0.2, -0.15) is 0 Å². The summed E-state index contributed by atoms with van der Waals surface area (Å²) in [6.07, 6.45) is 6.06. The van der Waals surface area contributed by atoms with E-state index in [1.807, 2.05) is 0 Å². The second-order valence-corrected chi connectivity index (χ2v) is 6.95. The summed E-state index contributed by atoms with van der Waals surface area (Å²) in [6, 6.07) is -2.20. The first kappa shape index (κ1) is 18.9. The predicted molar refractivity (Wildman–Crippen MR) is 93.9 cm³/mol. The number of aromatic nitrogens is 2. The first-order valence-corrected chi connectivity index (χ1v) is 9.12. The number of H-pyrrole nitrogens is 1. The number of amides is 4. The van der Waals surface area contributed by atoms with Gasteiger partial charge in [0.25, 0.3) is 0 Å². The van der Waals surface area contributed by atoms with Crippen LogP contribution in [0.3, 0.4) is 0 Å². The van der Waals surface area contributed by atoms with E-state index < -0.39 is 29.9 Å². The Kier molecular flexibility index (Phi) is 5.72. The zero-order valence-electron chi connectivity index (χ0n) is 14.9. The minimum Gasteiger partial charge on any atom is -0.368 e. The molecule has 0 radical (unpaired) electrons. The van der Waals surface area contributed by atoms with E-state index in [0.717, 1.165) is 12.8 Å². The van der Waals surface area contributed by atoms with Crippen LogP contribution in [0.15, 0.2) is 12.5 Å². The molecule has 5 N–H and O–H groups in total. The molecule has 10 nitrogen and oxygen atoms in total. The molecule has 2 aliphatic heterocycles. The van der Waals surface area contributed by atoms with Gasteiger partial charge in [-0.25, -0.2) is 4.98 Å². The maximum Gasteiger partial charge on any atom is 0.246 e. The van der Waals surface area contributed by atoms with Crippen molar-refractivity contribution >= 4 is 23.6 Å². The number of nitrogens with one attached hydrogen (secondary N) is 3. The molecular formula is C17H24N6O4. The standard InChI is InChI=1S/C17H24N6O4/c18-15(25)13-3-1-2-6-23(13)17(27)12(7-10-8-19-9-20-10)22-16(26)11-4-5-14(24)21-11/h8-9,11-13H,1-7H2,(H2,18,25)(H,19,20)(H,21,24)(H,22,26)/t11-,12-,13+/m0/s1. The van der Waals surface area contributed by atoms with E-state index in [1.165, 1.54) is 11.2 Å². The van der Waals surface area contributed by atoms with E-state index in [0.29, 0.717) is 25.1 Å². The predicted octanol–water partition coefficient (Wildman–Crippen LogP) is -1.42. The summed E-state index contributed by atoms with van der Waals surface area (Å²) in [5.74, 6) is -1.49. The zero-order chi connectivity index (χ0) is 19.4. The number of hydrogen-bond acceptors (Lipinski definition) is 5. The molecule has 0 aliphatic carbocycles. The van der Waals surface area contributed by atoms with Crippen LogP contribution in [0.25, 0.3) is 0 Å². The van der Waals surface area contributed by atoms with Gasteiger partial charge in [-0.3, -0.25) is 19.2 Å². The number of piperidine rings is 1. The van der Waals surface area contributed by atoms with Gasteiger partial charge in [0, 0.05) is 31.3 Å². The fraction of sp³-hybridized carbons (Fsp3) is 0.588. The van der Waals surface area contributed by atoms with E-state index in [-0.39, 0.29) is 24.7 Å². The highest BCUT2D eigenvalue weighted by atomic mass is 16.2. The number of nitrogens with zero attached hydrogens (tertiary/aromatic N) is 2. The maximum absolute atomic E-state index is 13.1. The maximum atomic E-state index is 13.1. The van der Waals surface area contributed by atoms with Crippen LogP contribution >= 0.6 is 0 Å². The van der Waals surface area contributed by atoms with Crippen molar-refractivity contribution in [1.82, 2.24) is 25.5 Å². The largest absolute Gasteiger partial charge is 0.368 e. The van der Waals surface area contributed by atoms with Crippen LogP contribution in [0.1, 0.15) is 37.8 Å². The van der Waals surface area contributed by atoms with Crippen molar-refractivity contribution in [1.29, 1.82) is 0 Å². The van der Waals surface area contributed by atoms with Crippen molar-refractivity contribution in [2.75, 3.05) is 6.54 Å².